The number of aromatic nitrogens is 2. The molecular weight excluding hydrogens is 192 g/mol. The fourth-order valence-corrected chi connectivity index (χ4v) is 1.74. The molecule has 0 spiro atoms. The first-order valence-corrected chi connectivity index (χ1v) is 4.93. The Morgan fingerprint density at radius 2 is 2.20 bits per heavy atom. The van der Waals surface area contributed by atoms with Crippen LogP contribution in [0, 0.1) is 6.42 Å². The molecule has 15 heavy (non-hydrogen) atoms. The zero-order chi connectivity index (χ0) is 10.7. The van der Waals surface area contributed by atoms with E-state index in [-0.39, 0.29) is 11.9 Å². The third-order valence-electron chi connectivity index (χ3n) is 2.48. The summed E-state index contributed by atoms with van der Waals surface area (Å²) in [6, 6.07) is 1.44. The second-order valence-corrected chi connectivity index (χ2v) is 3.47. The third kappa shape index (κ3) is 2.06. The van der Waals surface area contributed by atoms with Crippen molar-refractivity contribution in [3.05, 3.63) is 24.9 Å². The number of rotatable bonds is 2. The van der Waals surface area contributed by atoms with Crippen molar-refractivity contribution in [2.75, 3.05) is 11.4 Å². The van der Waals surface area contributed by atoms with Crippen molar-refractivity contribution in [3.63, 3.8) is 0 Å². The van der Waals surface area contributed by atoms with Crippen molar-refractivity contribution in [3.8, 4) is 0 Å². The molecule has 1 aliphatic rings. The molecule has 0 bridgehead atoms. The van der Waals surface area contributed by atoms with Gasteiger partial charge in [-0.1, -0.05) is 0 Å². The Kier molecular flexibility index (Phi) is 2.80. The molecule has 2 N–H and O–H groups in total. The summed E-state index contributed by atoms with van der Waals surface area (Å²) in [6.45, 7) is 0.748. The normalized spacial score (nSPS) is 21.3. The Morgan fingerprint density at radius 3 is 2.87 bits per heavy atom. The Morgan fingerprint density at radius 1 is 1.47 bits per heavy atom. The van der Waals surface area contributed by atoms with Crippen LogP contribution in [0.3, 0.4) is 0 Å². The second kappa shape index (κ2) is 4.25. The van der Waals surface area contributed by atoms with Gasteiger partial charge in [-0.2, -0.15) is 0 Å². The number of hydrogen-bond donors (Lipinski definition) is 1. The zero-order valence-electron chi connectivity index (χ0n) is 8.34. The highest BCUT2D eigenvalue weighted by molar-refractivity contribution is 5.83. The quantitative estimate of drug-likeness (QED) is 0.745. The van der Waals surface area contributed by atoms with Gasteiger partial charge in [0.25, 0.3) is 0 Å². The summed E-state index contributed by atoms with van der Waals surface area (Å²) < 4.78 is 0. The summed E-state index contributed by atoms with van der Waals surface area (Å²) in [6.07, 6.45) is 7.02. The fraction of sp³-hybridized carbons (Fsp3) is 0.400. The van der Waals surface area contributed by atoms with Crippen LogP contribution in [0.5, 0.6) is 0 Å². The molecule has 1 unspecified atom stereocenters. The molecular formula is C10H13N4O. The van der Waals surface area contributed by atoms with Gasteiger partial charge in [0.05, 0.1) is 0 Å². The van der Waals surface area contributed by atoms with Gasteiger partial charge < -0.3 is 10.6 Å². The SMILES string of the molecule is NC(=O)C1C[CH]CCN1c1ncccn1. The first kappa shape index (κ1) is 9.89. The molecule has 2 heterocycles. The average Bonchev–Trinajstić information content (AvgIpc) is 2.30. The number of carbonyl (C=O) groups is 1. The van der Waals surface area contributed by atoms with Gasteiger partial charge in [-0.25, -0.2) is 9.97 Å². The Bertz CT molecular complexity index is 341. The summed E-state index contributed by atoms with van der Waals surface area (Å²) in [5.41, 5.74) is 5.34. The number of carbonyl (C=O) groups excluding carboxylic acids is 1. The van der Waals surface area contributed by atoms with Crippen LogP contribution in [-0.2, 0) is 4.79 Å². The van der Waals surface area contributed by atoms with Crippen LogP contribution in [0.15, 0.2) is 18.5 Å². The van der Waals surface area contributed by atoms with Crippen molar-refractivity contribution < 1.29 is 4.79 Å². The number of hydrogen-bond acceptors (Lipinski definition) is 4. The number of piperidine rings is 1. The molecule has 2 rings (SSSR count). The van der Waals surface area contributed by atoms with Crippen molar-refractivity contribution in [2.45, 2.75) is 18.9 Å². The predicted octanol–water partition coefficient (Wildman–Crippen LogP) is 0.135. The van der Waals surface area contributed by atoms with E-state index in [2.05, 4.69) is 16.4 Å². The molecule has 79 valence electrons. The van der Waals surface area contributed by atoms with Crippen LogP contribution in [0.4, 0.5) is 5.95 Å². The Balaban J connectivity index is 2.22. The summed E-state index contributed by atoms with van der Waals surface area (Å²) >= 11 is 0. The Labute approximate surface area is 88.3 Å². The van der Waals surface area contributed by atoms with Crippen LogP contribution in [0.25, 0.3) is 0 Å². The minimum atomic E-state index is -0.321. The van der Waals surface area contributed by atoms with Gasteiger partial charge in [0, 0.05) is 18.9 Å². The van der Waals surface area contributed by atoms with Gasteiger partial charge >= 0.3 is 0 Å². The number of primary amides is 1. The molecule has 1 saturated heterocycles. The highest BCUT2D eigenvalue weighted by Crippen LogP contribution is 2.20. The van der Waals surface area contributed by atoms with Crippen molar-refractivity contribution in [2.24, 2.45) is 5.73 Å². The minimum absolute atomic E-state index is 0.304. The van der Waals surface area contributed by atoms with E-state index in [9.17, 15) is 4.79 Å². The molecule has 5 nitrogen and oxygen atoms in total. The van der Waals surface area contributed by atoms with Gasteiger partial charge in [-0.15, -0.1) is 0 Å². The van der Waals surface area contributed by atoms with Gasteiger partial charge in [0.2, 0.25) is 11.9 Å². The van der Waals surface area contributed by atoms with E-state index in [0.717, 1.165) is 13.0 Å². The molecule has 5 heteroatoms. The second-order valence-electron chi connectivity index (χ2n) is 3.47. The Hall–Kier alpha value is -1.65. The molecule has 1 aromatic heterocycles. The number of anilines is 1. The molecule has 1 atom stereocenters. The lowest BCUT2D eigenvalue weighted by molar-refractivity contribution is -0.119. The van der Waals surface area contributed by atoms with Gasteiger partial charge in [0.1, 0.15) is 6.04 Å². The van der Waals surface area contributed by atoms with Crippen molar-refractivity contribution in [1.29, 1.82) is 0 Å². The first-order chi connectivity index (χ1) is 7.29. The van der Waals surface area contributed by atoms with Gasteiger partial charge in [0.15, 0.2) is 0 Å². The highest BCUT2D eigenvalue weighted by Gasteiger charge is 2.28. The van der Waals surface area contributed by atoms with Gasteiger partial charge in [-0.05, 0) is 25.3 Å². The lowest BCUT2D eigenvalue weighted by Crippen LogP contribution is -2.48. The molecule has 0 aliphatic carbocycles. The van der Waals surface area contributed by atoms with Gasteiger partial charge in [-0.3, -0.25) is 4.79 Å². The van der Waals surface area contributed by atoms with Crippen LogP contribution in [0.2, 0.25) is 0 Å². The summed E-state index contributed by atoms with van der Waals surface area (Å²) in [4.78, 5) is 21.4. The van der Waals surface area contributed by atoms with E-state index < -0.39 is 0 Å². The number of amides is 1. The molecule has 0 aromatic carbocycles. The lowest BCUT2D eigenvalue weighted by atomic mass is 10.0. The standard InChI is InChI=1S/C10H13N4O/c11-9(15)8-4-1-2-7-14(8)10-12-5-3-6-13-10/h1,3,5-6,8H,2,4,7H2,(H2,11,15). The number of nitrogens with zero attached hydrogens (tertiary/aromatic N) is 3. The maximum atomic E-state index is 11.2. The van der Waals surface area contributed by atoms with E-state index >= 15 is 0 Å². The van der Waals surface area contributed by atoms with E-state index in [4.69, 9.17) is 5.73 Å². The smallest absolute Gasteiger partial charge is 0.240 e. The summed E-state index contributed by atoms with van der Waals surface area (Å²) in [7, 11) is 0. The van der Waals surface area contributed by atoms with Crippen LogP contribution in [-0.4, -0.2) is 28.5 Å². The van der Waals surface area contributed by atoms with Crippen LogP contribution in [0.1, 0.15) is 12.8 Å². The van der Waals surface area contributed by atoms with E-state index in [1.165, 1.54) is 0 Å². The largest absolute Gasteiger partial charge is 0.368 e. The molecule has 0 saturated carbocycles. The van der Waals surface area contributed by atoms with Crippen LogP contribution < -0.4 is 10.6 Å². The summed E-state index contributed by atoms with van der Waals surface area (Å²) in [5.74, 6) is 0.257. The third-order valence-corrected chi connectivity index (χ3v) is 2.48. The maximum absolute atomic E-state index is 11.2. The fourth-order valence-electron chi connectivity index (χ4n) is 1.74. The molecule has 1 radical (unpaired) electrons. The highest BCUT2D eigenvalue weighted by atomic mass is 16.1. The van der Waals surface area contributed by atoms with E-state index in [0.29, 0.717) is 12.4 Å². The molecule has 1 aliphatic heterocycles. The van der Waals surface area contributed by atoms with E-state index in [1.807, 2.05) is 4.90 Å². The molecule has 1 aromatic rings. The topological polar surface area (TPSA) is 72.1 Å². The lowest BCUT2D eigenvalue weighted by Gasteiger charge is -2.33. The van der Waals surface area contributed by atoms with E-state index in [1.54, 1.807) is 18.5 Å². The maximum Gasteiger partial charge on any atom is 0.240 e. The first-order valence-electron chi connectivity index (χ1n) is 4.93. The zero-order valence-corrected chi connectivity index (χ0v) is 8.34. The monoisotopic (exact) mass is 205 g/mol. The average molecular weight is 205 g/mol. The predicted molar refractivity (Wildman–Crippen MR) is 55.9 cm³/mol. The van der Waals surface area contributed by atoms with Crippen molar-refractivity contribution in [1.82, 2.24) is 9.97 Å². The summed E-state index contributed by atoms with van der Waals surface area (Å²) in [5, 5.41) is 0. The number of nitrogens with two attached hydrogens (primary N) is 1. The molecule has 1 amide bonds. The van der Waals surface area contributed by atoms with Crippen LogP contribution >= 0.6 is 0 Å². The van der Waals surface area contributed by atoms with Crippen molar-refractivity contribution >= 4 is 11.9 Å². The minimum Gasteiger partial charge on any atom is -0.368 e. The molecule has 1 fully saturated rings.